The van der Waals surface area contributed by atoms with Crippen LogP contribution in [0.25, 0.3) is 11.0 Å². The molecule has 0 radical (unpaired) electrons. The fourth-order valence-corrected chi connectivity index (χ4v) is 5.48. The molecule has 4 aromatic carbocycles. The van der Waals surface area contributed by atoms with Crippen molar-refractivity contribution in [2.24, 2.45) is 5.73 Å². The molecule has 0 bridgehead atoms. The minimum Gasteiger partial charge on any atom is -0.489 e. The van der Waals surface area contributed by atoms with Crippen LogP contribution in [0.4, 0.5) is 0 Å². The second kappa shape index (κ2) is 11.3. The number of allylic oxidation sites excluding steroid dienone is 1. The molecule has 0 saturated heterocycles. The second-order valence-electron chi connectivity index (χ2n) is 9.66. The number of nitrogens with two attached hydrogens (primary N) is 1. The molecule has 0 saturated carbocycles. The summed E-state index contributed by atoms with van der Waals surface area (Å²) in [6, 6.07) is 27.6. The van der Waals surface area contributed by atoms with Gasteiger partial charge in [0.05, 0.1) is 5.92 Å². The molecular weight excluding hydrogens is 620 g/mol. The lowest BCUT2D eigenvalue weighted by Gasteiger charge is -2.27. The van der Waals surface area contributed by atoms with Crippen LogP contribution >= 0.6 is 27.5 Å². The Morgan fingerprint density at radius 2 is 1.88 bits per heavy atom. The number of rotatable bonds is 6. The molecule has 9 heteroatoms. The SMILES string of the molecule is Cc1c(C(=O)Oc2ccc3c(c2)OC(N)=C(C#N)C3c2cccc(OCc3ccccc3Cl)c2)oc2cc(Br)ccc12. The largest absolute Gasteiger partial charge is 0.489 e. The molecule has 6 rings (SSSR count). The first kappa shape index (κ1) is 27.5. The molecule has 1 atom stereocenters. The minimum atomic E-state index is -0.642. The van der Waals surface area contributed by atoms with Crippen LogP contribution < -0.4 is 19.9 Å². The zero-order valence-corrected chi connectivity index (χ0v) is 24.5. The van der Waals surface area contributed by atoms with E-state index in [0.29, 0.717) is 33.2 Å². The standard InChI is InChI=1S/C33H22BrClN2O5/c1-18-24-11-9-21(34)14-28(24)41-31(18)33(38)40-23-10-12-25-29(15-23)42-32(37)26(16-36)30(25)19-6-4-7-22(13-19)39-17-20-5-2-3-8-27(20)35/h2-15,30H,17,37H2,1H3. The molecule has 0 aliphatic carbocycles. The van der Waals surface area contributed by atoms with Crippen molar-refractivity contribution in [3.8, 4) is 23.3 Å². The number of aryl methyl sites for hydroxylation is 1. The van der Waals surface area contributed by atoms with Crippen molar-refractivity contribution in [2.45, 2.75) is 19.4 Å². The van der Waals surface area contributed by atoms with Gasteiger partial charge in [0.15, 0.2) is 0 Å². The summed E-state index contributed by atoms with van der Waals surface area (Å²) < 4.78 is 24.1. The van der Waals surface area contributed by atoms with Gasteiger partial charge in [-0.25, -0.2) is 4.79 Å². The van der Waals surface area contributed by atoms with E-state index in [4.69, 9.17) is 36.0 Å². The number of esters is 1. The monoisotopic (exact) mass is 640 g/mol. The highest BCUT2D eigenvalue weighted by Crippen LogP contribution is 2.44. The Morgan fingerprint density at radius 1 is 1.05 bits per heavy atom. The molecule has 1 aliphatic rings. The zero-order chi connectivity index (χ0) is 29.4. The molecule has 2 N–H and O–H groups in total. The molecule has 1 unspecified atom stereocenters. The second-order valence-corrected chi connectivity index (χ2v) is 11.0. The number of hydrogen-bond donors (Lipinski definition) is 1. The van der Waals surface area contributed by atoms with Crippen molar-refractivity contribution in [1.29, 1.82) is 5.26 Å². The first-order valence-corrected chi connectivity index (χ1v) is 14.1. The van der Waals surface area contributed by atoms with Gasteiger partial charge in [-0.1, -0.05) is 63.9 Å². The van der Waals surface area contributed by atoms with E-state index < -0.39 is 11.9 Å². The third-order valence-corrected chi connectivity index (χ3v) is 7.89. The normalized spacial score (nSPS) is 14.2. The van der Waals surface area contributed by atoms with Gasteiger partial charge < -0.3 is 24.4 Å². The van der Waals surface area contributed by atoms with Gasteiger partial charge in [0.25, 0.3) is 0 Å². The highest BCUT2D eigenvalue weighted by molar-refractivity contribution is 9.10. The lowest BCUT2D eigenvalue weighted by molar-refractivity contribution is 0.0702. The fourth-order valence-electron chi connectivity index (χ4n) is 4.95. The Balaban J connectivity index is 1.28. The van der Waals surface area contributed by atoms with E-state index >= 15 is 0 Å². The molecule has 2 heterocycles. The van der Waals surface area contributed by atoms with E-state index in [1.54, 1.807) is 31.2 Å². The van der Waals surface area contributed by atoms with Gasteiger partial charge in [-0.2, -0.15) is 5.26 Å². The predicted octanol–water partition coefficient (Wildman–Crippen LogP) is 8.17. The van der Waals surface area contributed by atoms with Crippen molar-refractivity contribution in [3.63, 3.8) is 0 Å². The van der Waals surface area contributed by atoms with Crippen LogP contribution in [0.1, 0.15) is 38.7 Å². The predicted molar refractivity (Wildman–Crippen MR) is 162 cm³/mol. The van der Waals surface area contributed by atoms with Gasteiger partial charge in [0.2, 0.25) is 11.6 Å². The molecule has 208 valence electrons. The summed E-state index contributed by atoms with van der Waals surface area (Å²) in [7, 11) is 0. The number of fused-ring (bicyclic) bond motifs is 2. The average molecular weight is 642 g/mol. The van der Waals surface area contributed by atoms with Crippen molar-refractivity contribution in [1.82, 2.24) is 0 Å². The van der Waals surface area contributed by atoms with Gasteiger partial charge in [0.1, 0.15) is 41.1 Å². The Kier molecular flexibility index (Phi) is 7.38. The van der Waals surface area contributed by atoms with Crippen molar-refractivity contribution in [3.05, 3.63) is 134 Å². The fraction of sp³-hybridized carbons (Fsp3) is 0.0909. The van der Waals surface area contributed by atoms with Gasteiger partial charge in [-0.05, 0) is 55.0 Å². The highest BCUT2D eigenvalue weighted by Gasteiger charge is 2.31. The van der Waals surface area contributed by atoms with E-state index in [1.807, 2.05) is 60.7 Å². The quantitative estimate of drug-likeness (QED) is 0.147. The molecule has 42 heavy (non-hydrogen) atoms. The van der Waals surface area contributed by atoms with Crippen LogP contribution in [0, 0.1) is 18.3 Å². The Hall–Kier alpha value is -4.71. The maximum absolute atomic E-state index is 13.1. The third kappa shape index (κ3) is 5.20. The summed E-state index contributed by atoms with van der Waals surface area (Å²) in [5.41, 5.74) is 10.0. The number of hydrogen-bond acceptors (Lipinski definition) is 7. The molecule has 5 aromatic rings. The van der Waals surface area contributed by atoms with Crippen molar-refractivity contribution < 1.29 is 23.4 Å². The van der Waals surface area contributed by atoms with Gasteiger partial charge in [0, 0.05) is 37.6 Å². The van der Waals surface area contributed by atoms with Crippen LogP contribution in [-0.2, 0) is 6.61 Å². The summed E-state index contributed by atoms with van der Waals surface area (Å²) in [5, 5.41) is 11.4. The third-order valence-electron chi connectivity index (χ3n) is 7.03. The summed E-state index contributed by atoms with van der Waals surface area (Å²) in [4.78, 5) is 13.1. The van der Waals surface area contributed by atoms with Crippen molar-refractivity contribution in [2.75, 3.05) is 0 Å². The molecule has 1 aromatic heterocycles. The summed E-state index contributed by atoms with van der Waals surface area (Å²) in [6.45, 7) is 2.09. The van der Waals surface area contributed by atoms with E-state index in [2.05, 4.69) is 22.0 Å². The number of ether oxygens (including phenoxy) is 3. The molecule has 0 spiro atoms. The number of carbonyl (C=O) groups is 1. The smallest absolute Gasteiger partial charge is 0.379 e. The van der Waals surface area contributed by atoms with Crippen molar-refractivity contribution >= 4 is 44.5 Å². The van der Waals surface area contributed by atoms with Gasteiger partial charge >= 0.3 is 5.97 Å². The highest BCUT2D eigenvalue weighted by atomic mass is 79.9. The van der Waals surface area contributed by atoms with Gasteiger partial charge in [-0.3, -0.25) is 0 Å². The van der Waals surface area contributed by atoms with E-state index in [0.717, 1.165) is 21.0 Å². The average Bonchev–Trinajstić information content (AvgIpc) is 3.31. The number of halogens is 2. The maximum Gasteiger partial charge on any atom is 0.379 e. The van der Waals surface area contributed by atoms with Crippen LogP contribution in [0.15, 0.2) is 105 Å². The lowest BCUT2D eigenvalue weighted by atomic mass is 9.83. The molecular formula is C33H22BrClN2O5. The van der Waals surface area contributed by atoms with E-state index in [9.17, 15) is 10.1 Å². The van der Waals surface area contributed by atoms with Crippen LogP contribution in [-0.4, -0.2) is 5.97 Å². The topological polar surface area (TPSA) is 108 Å². The van der Waals surface area contributed by atoms with E-state index in [-0.39, 0.29) is 29.6 Å². The molecule has 7 nitrogen and oxygen atoms in total. The first-order chi connectivity index (χ1) is 20.3. The first-order valence-electron chi connectivity index (χ1n) is 12.9. The van der Waals surface area contributed by atoms with Gasteiger partial charge in [-0.15, -0.1) is 0 Å². The zero-order valence-electron chi connectivity index (χ0n) is 22.2. The molecule has 0 fully saturated rings. The molecule has 0 amide bonds. The Morgan fingerprint density at radius 3 is 2.69 bits per heavy atom. The number of carbonyl (C=O) groups excluding carboxylic acids is 1. The Bertz CT molecular complexity index is 1940. The summed E-state index contributed by atoms with van der Waals surface area (Å²) >= 11 is 9.69. The summed E-state index contributed by atoms with van der Waals surface area (Å²) in [5.74, 6) is 0.132. The molecule has 1 aliphatic heterocycles. The van der Waals surface area contributed by atoms with Crippen LogP contribution in [0.2, 0.25) is 5.02 Å². The lowest BCUT2D eigenvalue weighted by Crippen LogP contribution is -2.21. The Labute approximate surface area is 254 Å². The number of nitriles is 1. The number of nitrogens with zero attached hydrogens (tertiary/aromatic N) is 1. The summed E-state index contributed by atoms with van der Waals surface area (Å²) in [6.07, 6.45) is 0. The van der Waals surface area contributed by atoms with E-state index in [1.165, 1.54) is 0 Å². The van der Waals surface area contributed by atoms with Crippen LogP contribution in [0.3, 0.4) is 0 Å². The minimum absolute atomic E-state index is 0.0282. The maximum atomic E-state index is 13.1. The van der Waals surface area contributed by atoms with Crippen LogP contribution in [0.5, 0.6) is 17.2 Å². The number of benzene rings is 4. The number of furan rings is 1.